The molecule has 8 nitrogen and oxygen atoms in total. The van der Waals surface area contributed by atoms with Gasteiger partial charge in [-0.25, -0.2) is 14.4 Å². The molecule has 1 saturated heterocycles. The lowest BCUT2D eigenvalue weighted by atomic mass is 9.93. The molecule has 2 atom stereocenters. The number of fused-ring (bicyclic) bond motifs is 2. The maximum absolute atomic E-state index is 15.4. The fraction of sp³-hybridized carbons (Fsp3) is 0.375. The summed E-state index contributed by atoms with van der Waals surface area (Å²) in [5, 5.41) is 3.14. The Balaban J connectivity index is 1.22. The number of aryl methyl sites for hydroxylation is 1. The van der Waals surface area contributed by atoms with Crippen LogP contribution in [-0.2, 0) is 18.3 Å². The van der Waals surface area contributed by atoms with Gasteiger partial charge in [0.1, 0.15) is 28.6 Å². The molecule has 0 bridgehead atoms. The van der Waals surface area contributed by atoms with E-state index in [4.69, 9.17) is 14.7 Å². The number of esters is 1. The Morgan fingerprint density at radius 3 is 2.63 bits per heavy atom. The van der Waals surface area contributed by atoms with Crippen molar-refractivity contribution in [1.82, 2.24) is 24.8 Å². The van der Waals surface area contributed by atoms with Crippen LogP contribution in [0.4, 0.5) is 4.39 Å². The standard InChI is InChI=1S/C32H32FN5O3/c1-18-23-6-4-3-5-19(23)12-14-38(18)31(39)27-16-25(20-7-8-20)28-30(35-27)37(2)29(36-28)24-10-9-22(15-26(24)33)41-32(40)21-11-13-34-17-21/h3-6,9-10,15-16,18,20-21,34H,7-8,11-14,17H2,1-2H3/t18-,21?/m1/s1. The smallest absolute Gasteiger partial charge is 0.315 e. The van der Waals surface area contributed by atoms with Crippen LogP contribution in [-0.4, -0.2) is 50.9 Å². The SMILES string of the molecule is C[C@@H]1c2ccccc2CCN1C(=O)c1cc(C2CC2)c2nc(-c3ccc(OC(=O)C4CCNC4)cc3F)n(C)c2n1. The Labute approximate surface area is 237 Å². The Kier molecular flexibility index (Phi) is 6.34. The number of halogens is 1. The van der Waals surface area contributed by atoms with E-state index >= 15 is 4.39 Å². The van der Waals surface area contributed by atoms with Gasteiger partial charge in [-0.3, -0.25) is 9.59 Å². The Bertz CT molecular complexity index is 1690. The molecule has 2 aromatic heterocycles. The fourth-order valence-corrected chi connectivity index (χ4v) is 6.22. The molecule has 0 radical (unpaired) electrons. The van der Waals surface area contributed by atoms with Crippen molar-refractivity contribution in [2.75, 3.05) is 19.6 Å². The molecule has 1 amide bonds. The molecule has 1 N–H and O–H groups in total. The molecule has 3 aliphatic rings. The van der Waals surface area contributed by atoms with Gasteiger partial charge in [0.15, 0.2) is 5.65 Å². The third-order valence-electron chi connectivity index (χ3n) is 8.74. The van der Waals surface area contributed by atoms with Gasteiger partial charge in [-0.15, -0.1) is 0 Å². The highest BCUT2D eigenvalue weighted by Crippen LogP contribution is 2.44. The van der Waals surface area contributed by atoms with Gasteiger partial charge in [0.2, 0.25) is 0 Å². The third kappa shape index (κ3) is 4.58. The first kappa shape index (κ1) is 25.8. The van der Waals surface area contributed by atoms with E-state index in [1.807, 2.05) is 23.1 Å². The van der Waals surface area contributed by atoms with Crippen LogP contribution in [0.15, 0.2) is 48.5 Å². The lowest BCUT2D eigenvalue weighted by Crippen LogP contribution is -2.39. The minimum absolute atomic E-state index is 0.0527. The number of ether oxygens (including phenoxy) is 1. The van der Waals surface area contributed by atoms with Gasteiger partial charge in [0.05, 0.1) is 17.5 Å². The number of hydrogen-bond acceptors (Lipinski definition) is 6. The highest BCUT2D eigenvalue weighted by molar-refractivity contribution is 5.96. The summed E-state index contributed by atoms with van der Waals surface area (Å²) >= 11 is 0. The zero-order valence-corrected chi connectivity index (χ0v) is 23.2. The first-order valence-corrected chi connectivity index (χ1v) is 14.4. The number of pyridine rings is 1. The molecule has 0 spiro atoms. The van der Waals surface area contributed by atoms with Crippen LogP contribution in [0.5, 0.6) is 5.75 Å². The zero-order valence-electron chi connectivity index (χ0n) is 23.2. The van der Waals surface area contributed by atoms with Gasteiger partial charge < -0.3 is 19.5 Å². The molecule has 41 heavy (non-hydrogen) atoms. The largest absolute Gasteiger partial charge is 0.426 e. The number of imidazole rings is 1. The second-order valence-corrected chi connectivity index (χ2v) is 11.4. The van der Waals surface area contributed by atoms with Crippen molar-refractivity contribution >= 4 is 23.0 Å². The summed E-state index contributed by atoms with van der Waals surface area (Å²) in [7, 11) is 1.79. The van der Waals surface area contributed by atoms with Crippen molar-refractivity contribution in [3.63, 3.8) is 0 Å². The predicted molar refractivity (Wildman–Crippen MR) is 152 cm³/mol. The average molecular weight is 554 g/mol. The minimum atomic E-state index is -0.539. The van der Waals surface area contributed by atoms with E-state index in [1.54, 1.807) is 23.7 Å². The normalized spacial score (nSPS) is 20.3. The Morgan fingerprint density at radius 2 is 1.88 bits per heavy atom. The van der Waals surface area contributed by atoms with Crippen LogP contribution in [0.25, 0.3) is 22.6 Å². The molecule has 210 valence electrons. The number of aromatic nitrogens is 3. The van der Waals surface area contributed by atoms with E-state index in [0.717, 1.165) is 31.4 Å². The number of amides is 1. The number of carbonyl (C=O) groups excluding carboxylic acids is 2. The topological polar surface area (TPSA) is 89.4 Å². The van der Waals surface area contributed by atoms with Crippen molar-refractivity contribution in [2.24, 2.45) is 13.0 Å². The quantitative estimate of drug-likeness (QED) is 0.279. The maximum atomic E-state index is 15.4. The Morgan fingerprint density at radius 1 is 1.05 bits per heavy atom. The van der Waals surface area contributed by atoms with Crippen molar-refractivity contribution in [3.8, 4) is 17.1 Å². The van der Waals surface area contributed by atoms with E-state index in [9.17, 15) is 9.59 Å². The summed E-state index contributed by atoms with van der Waals surface area (Å²) in [6.45, 7) is 4.04. The number of carbonyl (C=O) groups is 2. The van der Waals surface area contributed by atoms with Gasteiger partial charge in [-0.2, -0.15) is 0 Å². The summed E-state index contributed by atoms with van der Waals surface area (Å²) in [5.74, 6) is -0.322. The van der Waals surface area contributed by atoms with E-state index in [1.165, 1.54) is 17.2 Å². The molecule has 4 heterocycles. The molecule has 2 aromatic carbocycles. The average Bonchev–Trinajstić information content (AvgIpc) is 3.56. The van der Waals surface area contributed by atoms with E-state index < -0.39 is 5.82 Å². The second-order valence-electron chi connectivity index (χ2n) is 11.4. The van der Waals surface area contributed by atoms with Crippen LogP contribution < -0.4 is 10.1 Å². The van der Waals surface area contributed by atoms with E-state index in [-0.39, 0.29) is 35.1 Å². The van der Waals surface area contributed by atoms with Crippen LogP contribution in [0, 0.1) is 11.7 Å². The summed E-state index contributed by atoms with van der Waals surface area (Å²) < 4.78 is 22.6. The molecular weight excluding hydrogens is 521 g/mol. The lowest BCUT2D eigenvalue weighted by Gasteiger charge is -2.35. The predicted octanol–water partition coefficient (Wildman–Crippen LogP) is 4.93. The fourth-order valence-electron chi connectivity index (χ4n) is 6.22. The molecule has 1 saturated carbocycles. The van der Waals surface area contributed by atoms with Gasteiger partial charge >= 0.3 is 5.97 Å². The number of benzene rings is 2. The van der Waals surface area contributed by atoms with Crippen LogP contribution in [0.2, 0.25) is 0 Å². The number of hydrogen-bond donors (Lipinski definition) is 1. The molecule has 1 unspecified atom stereocenters. The number of nitrogens with one attached hydrogen (secondary N) is 1. The summed E-state index contributed by atoms with van der Waals surface area (Å²) in [4.78, 5) is 37.8. The summed E-state index contributed by atoms with van der Waals surface area (Å²) in [6, 6.07) is 14.5. The van der Waals surface area contributed by atoms with Crippen molar-refractivity contribution < 1.29 is 18.7 Å². The van der Waals surface area contributed by atoms with Gasteiger partial charge in [-0.1, -0.05) is 24.3 Å². The third-order valence-corrected chi connectivity index (χ3v) is 8.74. The van der Waals surface area contributed by atoms with E-state index in [0.29, 0.717) is 48.1 Å². The highest BCUT2D eigenvalue weighted by Gasteiger charge is 2.33. The van der Waals surface area contributed by atoms with Gasteiger partial charge in [0.25, 0.3) is 5.91 Å². The zero-order chi connectivity index (χ0) is 28.2. The monoisotopic (exact) mass is 553 g/mol. The maximum Gasteiger partial charge on any atom is 0.315 e. The number of nitrogens with zero attached hydrogens (tertiary/aromatic N) is 4. The van der Waals surface area contributed by atoms with Gasteiger partial charge in [-0.05, 0) is 80.0 Å². The lowest BCUT2D eigenvalue weighted by molar-refractivity contribution is -0.138. The van der Waals surface area contributed by atoms with Crippen LogP contribution >= 0.6 is 0 Å². The Hall–Kier alpha value is -4.11. The minimum Gasteiger partial charge on any atom is -0.426 e. The van der Waals surface area contributed by atoms with Crippen molar-refractivity contribution in [2.45, 2.75) is 44.6 Å². The molecule has 2 aliphatic heterocycles. The second kappa shape index (κ2) is 10.1. The molecule has 9 heteroatoms. The van der Waals surface area contributed by atoms with Crippen molar-refractivity contribution in [1.29, 1.82) is 0 Å². The van der Waals surface area contributed by atoms with Crippen LogP contribution in [0.3, 0.4) is 0 Å². The first-order valence-electron chi connectivity index (χ1n) is 14.4. The summed E-state index contributed by atoms with van der Waals surface area (Å²) in [6.07, 6.45) is 3.57. The number of rotatable bonds is 5. The van der Waals surface area contributed by atoms with Crippen molar-refractivity contribution in [3.05, 3.63) is 76.7 Å². The van der Waals surface area contributed by atoms with Crippen LogP contribution in [0.1, 0.15) is 65.3 Å². The first-order chi connectivity index (χ1) is 19.9. The molecule has 2 fully saturated rings. The molecule has 1 aliphatic carbocycles. The summed E-state index contributed by atoms with van der Waals surface area (Å²) in [5.41, 5.74) is 5.36. The molecule has 4 aromatic rings. The highest BCUT2D eigenvalue weighted by atomic mass is 19.1. The van der Waals surface area contributed by atoms with Gasteiger partial charge in [0, 0.05) is 26.2 Å². The molecule has 7 rings (SSSR count). The molecular formula is C32H32FN5O3. The van der Waals surface area contributed by atoms with E-state index in [2.05, 4.69) is 24.4 Å².